The summed E-state index contributed by atoms with van der Waals surface area (Å²) < 4.78 is 52.7. The third-order valence-electron chi connectivity index (χ3n) is 4.08. The van der Waals surface area contributed by atoms with Gasteiger partial charge in [0.15, 0.2) is 11.6 Å². The minimum Gasteiger partial charge on any atom is -0.384 e. The van der Waals surface area contributed by atoms with E-state index >= 15 is 0 Å². The molecule has 4 rings (SSSR count). The Bertz CT molecular complexity index is 1270. The van der Waals surface area contributed by atoms with E-state index in [0.717, 1.165) is 17.7 Å². The van der Waals surface area contributed by atoms with Gasteiger partial charge in [0, 0.05) is 5.56 Å². The molecule has 0 saturated heterocycles. The van der Waals surface area contributed by atoms with Gasteiger partial charge in [-0.25, -0.2) is 27.2 Å². The van der Waals surface area contributed by atoms with E-state index in [0.29, 0.717) is 17.3 Å². The molecule has 0 aliphatic carbocycles. The predicted octanol–water partition coefficient (Wildman–Crippen LogP) is 3.32. The van der Waals surface area contributed by atoms with Crippen LogP contribution in [0, 0.1) is 11.6 Å². The van der Waals surface area contributed by atoms with Crippen molar-refractivity contribution in [3.05, 3.63) is 66.5 Å². The average Bonchev–Trinajstić information content (AvgIpc) is 3.01. The molecule has 2 aromatic heterocycles. The highest BCUT2D eigenvalue weighted by Crippen LogP contribution is 2.35. The Morgan fingerprint density at radius 3 is 2.41 bits per heavy atom. The standard InChI is InChI=1S/C18H12F2N4O2S/c19-12-7-6-11(8-13(12)20)27(25,26)17-16-15(24-18(17)21)14(22-9-23-16)10-4-2-1-3-5-10/h1-9,24H,21H2. The molecule has 0 aliphatic rings. The number of nitrogens with one attached hydrogen (secondary N) is 1. The zero-order valence-corrected chi connectivity index (χ0v) is 14.5. The van der Waals surface area contributed by atoms with E-state index in [1.54, 1.807) is 0 Å². The number of nitrogen functional groups attached to an aromatic ring is 1. The van der Waals surface area contributed by atoms with Gasteiger partial charge in [-0.05, 0) is 18.2 Å². The predicted molar refractivity (Wildman–Crippen MR) is 95.5 cm³/mol. The summed E-state index contributed by atoms with van der Waals surface area (Å²) >= 11 is 0. The SMILES string of the molecule is Nc1[nH]c2c(-c3ccccc3)ncnc2c1S(=O)(=O)c1ccc(F)c(F)c1. The molecule has 0 saturated carbocycles. The number of benzene rings is 2. The molecule has 0 amide bonds. The van der Waals surface area contributed by atoms with Gasteiger partial charge in [-0.2, -0.15) is 0 Å². The molecule has 136 valence electrons. The van der Waals surface area contributed by atoms with E-state index in [9.17, 15) is 17.2 Å². The first-order valence-corrected chi connectivity index (χ1v) is 9.25. The first-order valence-electron chi connectivity index (χ1n) is 7.77. The lowest BCUT2D eigenvalue weighted by Crippen LogP contribution is -2.06. The van der Waals surface area contributed by atoms with Gasteiger partial charge in [-0.1, -0.05) is 30.3 Å². The van der Waals surface area contributed by atoms with Gasteiger partial charge in [-0.3, -0.25) is 0 Å². The molecule has 0 atom stereocenters. The highest BCUT2D eigenvalue weighted by atomic mass is 32.2. The second-order valence-corrected chi connectivity index (χ2v) is 7.65. The molecule has 0 spiro atoms. The summed E-state index contributed by atoms with van der Waals surface area (Å²) in [5.74, 6) is -2.57. The largest absolute Gasteiger partial charge is 0.384 e. The quantitative estimate of drug-likeness (QED) is 0.526. The van der Waals surface area contributed by atoms with E-state index in [1.165, 1.54) is 6.33 Å². The highest BCUT2D eigenvalue weighted by molar-refractivity contribution is 7.92. The smallest absolute Gasteiger partial charge is 0.212 e. The van der Waals surface area contributed by atoms with Crippen LogP contribution in [0.15, 0.2) is 64.6 Å². The van der Waals surface area contributed by atoms with Crippen LogP contribution in [-0.4, -0.2) is 23.4 Å². The highest BCUT2D eigenvalue weighted by Gasteiger charge is 2.28. The lowest BCUT2D eigenvalue weighted by Gasteiger charge is -2.05. The molecule has 0 bridgehead atoms. The van der Waals surface area contributed by atoms with Crippen LogP contribution >= 0.6 is 0 Å². The van der Waals surface area contributed by atoms with Crippen molar-refractivity contribution in [1.29, 1.82) is 0 Å². The van der Waals surface area contributed by atoms with E-state index in [4.69, 9.17) is 5.73 Å². The van der Waals surface area contributed by atoms with Gasteiger partial charge < -0.3 is 10.7 Å². The van der Waals surface area contributed by atoms with Gasteiger partial charge in [-0.15, -0.1) is 0 Å². The average molecular weight is 386 g/mol. The van der Waals surface area contributed by atoms with Crippen LogP contribution in [0.25, 0.3) is 22.3 Å². The summed E-state index contributed by atoms with van der Waals surface area (Å²) in [6.45, 7) is 0. The second kappa shape index (κ2) is 6.13. The molecule has 6 nitrogen and oxygen atoms in total. The van der Waals surface area contributed by atoms with Crippen LogP contribution < -0.4 is 5.73 Å². The number of aromatic amines is 1. The van der Waals surface area contributed by atoms with Gasteiger partial charge >= 0.3 is 0 Å². The summed E-state index contributed by atoms with van der Waals surface area (Å²) in [5.41, 5.74) is 7.54. The summed E-state index contributed by atoms with van der Waals surface area (Å²) in [6.07, 6.45) is 1.22. The number of hydrogen-bond acceptors (Lipinski definition) is 5. The topological polar surface area (TPSA) is 102 Å². The lowest BCUT2D eigenvalue weighted by molar-refractivity contribution is 0.504. The van der Waals surface area contributed by atoms with Crippen LogP contribution in [0.2, 0.25) is 0 Å². The first-order chi connectivity index (χ1) is 12.9. The van der Waals surface area contributed by atoms with Crippen molar-refractivity contribution in [2.45, 2.75) is 9.79 Å². The Hall–Kier alpha value is -3.33. The van der Waals surface area contributed by atoms with Crippen molar-refractivity contribution in [3.63, 3.8) is 0 Å². The maximum absolute atomic E-state index is 13.5. The number of nitrogens with two attached hydrogens (primary N) is 1. The molecule has 0 fully saturated rings. The Kier molecular flexibility index (Phi) is 3.88. The monoisotopic (exact) mass is 386 g/mol. The zero-order chi connectivity index (χ0) is 19.2. The molecule has 0 unspecified atom stereocenters. The van der Waals surface area contributed by atoms with Crippen LogP contribution in [0.1, 0.15) is 0 Å². The third kappa shape index (κ3) is 2.72. The fourth-order valence-electron chi connectivity index (χ4n) is 2.84. The van der Waals surface area contributed by atoms with Crippen molar-refractivity contribution < 1.29 is 17.2 Å². The third-order valence-corrected chi connectivity index (χ3v) is 5.91. The minimum atomic E-state index is -4.24. The zero-order valence-electron chi connectivity index (χ0n) is 13.6. The van der Waals surface area contributed by atoms with Gasteiger partial charge in [0.05, 0.1) is 16.1 Å². The maximum atomic E-state index is 13.5. The van der Waals surface area contributed by atoms with Crippen LogP contribution in [0.5, 0.6) is 0 Å². The van der Waals surface area contributed by atoms with Crippen molar-refractivity contribution in [2.75, 3.05) is 5.73 Å². The number of anilines is 1. The number of nitrogens with zero attached hydrogens (tertiary/aromatic N) is 2. The van der Waals surface area contributed by atoms with Gasteiger partial charge in [0.1, 0.15) is 22.6 Å². The number of rotatable bonds is 3. The molecule has 0 aliphatic heterocycles. The number of hydrogen-bond donors (Lipinski definition) is 2. The Morgan fingerprint density at radius 1 is 0.963 bits per heavy atom. The number of aromatic nitrogens is 3. The molecular weight excluding hydrogens is 374 g/mol. The summed E-state index contributed by atoms with van der Waals surface area (Å²) in [4.78, 5) is 10.3. The van der Waals surface area contributed by atoms with Gasteiger partial charge in [0.2, 0.25) is 9.84 Å². The Labute approximate surface area is 152 Å². The fourth-order valence-corrected chi connectivity index (χ4v) is 4.34. The van der Waals surface area contributed by atoms with E-state index in [2.05, 4.69) is 15.0 Å². The Balaban J connectivity index is 1.98. The molecule has 4 aromatic rings. The van der Waals surface area contributed by atoms with Gasteiger partial charge in [0.25, 0.3) is 0 Å². The summed E-state index contributed by atoms with van der Waals surface area (Å²) in [6, 6.07) is 11.4. The normalized spacial score (nSPS) is 11.8. The molecule has 2 aromatic carbocycles. The first kappa shape index (κ1) is 17.1. The Morgan fingerprint density at radius 2 is 1.70 bits per heavy atom. The molecular formula is C18H12F2N4O2S. The van der Waals surface area contributed by atoms with Crippen LogP contribution in [0.3, 0.4) is 0 Å². The minimum absolute atomic E-state index is 0.0751. The van der Waals surface area contributed by atoms with E-state index < -0.39 is 26.4 Å². The van der Waals surface area contributed by atoms with Crippen LogP contribution in [-0.2, 0) is 9.84 Å². The lowest BCUT2D eigenvalue weighted by atomic mass is 10.1. The molecule has 3 N–H and O–H groups in total. The number of halogens is 2. The molecule has 9 heteroatoms. The van der Waals surface area contributed by atoms with Crippen molar-refractivity contribution in [3.8, 4) is 11.3 Å². The van der Waals surface area contributed by atoms with Crippen LogP contribution in [0.4, 0.5) is 14.6 Å². The molecule has 0 radical (unpaired) electrons. The summed E-state index contributed by atoms with van der Waals surface area (Å²) in [7, 11) is -4.24. The fraction of sp³-hybridized carbons (Fsp3) is 0. The maximum Gasteiger partial charge on any atom is 0.212 e. The van der Waals surface area contributed by atoms with E-state index in [1.807, 2.05) is 30.3 Å². The molecule has 2 heterocycles. The number of sulfone groups is 1. The number of fused-ring (bicyclic) bond motifs is 1. The van der Waals surface area contributed by atoms with Crippen molar-refractivity contribution >= 4 is 26.7 Å². The number of H-pyrrole nitrogens is 1. The van der Waals surface area contributed by atoms with Crippen molar-refractivity contribution in [1.82, 2.24) is 15.0 Å². The molecule has 27 heavy (non-hydrogen) atoms. The van der Waals surface area contributed by atoms with E-state index in [-0.39, 0.29) is 16.2 Å². The second-order valence-electron chi connectivity index (χ2n) is 5.76. The summed E-state index contributed by atoms with van der Waals surface area (Å²) in [5, 5.41) is 0. The van der Waals surface area contributed by atoms with Crippen molar-refractivity contribution in [2.24, 2.45) is 0 Å².